The van der Waals surface area contributed by atoms with Crippen molar-refractivity contribution >= 4 is 29.9 Å². The first-order valence-electron chi connectivity index (χ1n) is 8.41. The first kappa shape index (κ1) is 22.1. The van der Waals surface area contributed by atoms with Crippen LogP contribution in [-0.2, 0) is 13.6 Å². The quantitative estimate of drug-likeness (QED) is 0.270. The van der Waals surface area contributed by atoms with Crippen LogP contribution < -0.4 is 10.6 Å². The van der Waals surface area contributed by atoms with Crippen LogP contribution in [0.4, 0.5) is 0 Å². The highest BCUT2D eigenvalue weighted by Gasteiger charge is 2.05. The number of aliphatic imine (C=N–C) groups is 1. The largest absolute Gasteiger partial charge is 0.356 e. The number of hydrogen-bond acceptors (Lipinski definition) is 3. The van der Waals surface area contributed by atoms with Crippen molar-refractivity contribution in [2.24, 2.45) is 18.0 Å². The van der Waals surface area contributed by atoms with Crippen LogP contribution in [0, 0.1) is 12.8 Å². The summed E-state index contributed by atoms with van der Waals surface area (Å²) in [5, 5.41) is 15.0. The summed E-state index contributed by atoms with van der Waals surface area (Å²) >= 11 is 0. The van der Waals surface area contributed by atoms with Crippen molar-refractivity contribution in [2.75, 3.05) is 13.1 Å². The van der Waals surface area contributed by atoms with Crippen molar-refractivity contribution < 1.29 is 0 Å². The van der Waals surface area contributed by atoms with Gasteiger partial charge < -0.3 is 15.2 Å². The monoisotopic (exact) mass is 436 g/mol. The van der Waals surface area contributed by atoms with Gasteiger partial charge in [-0.15, -0.1) is 34.2 Å². The maximum Gasteiger partial charge on any atom is 0.191 e. The van der Waals surface area contributed by atoms with Crippen molar-refractivity contribution in [1.29, 1.82) is 0 Å². The number of aromatic nitrogens is 3. The molecule has 0 aliphatic rings. The van der Waals surface area contributed by atoms with Gasteiger partial charge in [-0.1, -0.05) is 27.2 Å². The van der Waals surface area contributed by atoms with Gasteiger partial charge in [0, 0.05) is 20.1 Å². The van der Waals surface area contributed by atoms with E-state index >= 15 is 0 Å². The van der Waals surface area contributed by atoms with Gasteiger partial charge in [0.05, 0.1) is 0 Å². The Morgan fingerprint density at radius 2 is 1.83 bits per heavy atom. The molecule has 0 amide bonds. The number of hydrogen-bond donors (Lipinski definition) is 2. The highest BCUT2D eigenvalue weighted by atomic mass is 127. The number of unbranched alkanes of at least 4 members (excludes halogenated alkanes) is 1. The van der Waals surface area contributed by atoms with Gasteiger partial charge in [0.25, 0.3) is 0 Å². The summed E-state index contributed by atoms with van der Waals surface area (Å²) in [6.07, 6.45) is 4.72. The number of nitrogens with zero attached hydrogens (tertiary/aromatic N) is 4. The molecular formula is C16H33IN6. The van der Waals surface area contributed by atoms with Crippen LogP contribution in [0.3, 0.4) is 0 Å². The van der Waals surface area contributed by atoms with Gasteiger partial charge in [-0.2, -0.15) is 0 Å². The molecule has 0 spiro atoms. The first-order valence-corrected chi connectivity index (χ1v) is 8.41. The molecule has 134 valence electrons. The second kappa shape index (κ2) is 12.5. The summed E-state index contributed by atoms with van der Waals surface area (Å²) in [6.45, 7) is 11.1. The summed E-state index contributed by atoms with van der Waals surface area (Å²) in [5.41, 5.74) is 0. The third kappa shape index (κ3) is 9.12. The topological polar surface area (TPSA) is 67.1 Å². The maximum atomic E-state index is 4.63. The first-order chi connectivity index (χ1) is 10.5. The lowest BCUT2D eigenvalue weighted by atomic mass is 10.1. The summed E-state index contributed by atoms with van der Waals surface area (Å²) in [7, 11) is 1.97. The van der Waals surface area contributed by atoms with E-state index < -0.39 is 0 Å². The van der Waals surface area contributed by atoms with E-state index in [0.717, 1.165) is 49.5 Å². The van der Waals surface area contributed by atoms with Crippen LogP contribution in [-0.4, -0.2) is 33.8 Å². The van der Waals surface area contributed by atoms with Crippen LogP contribution in [0.15, 0.2) is 4.99 Å². The molecule has 2 N–H and O–H groups in total. The number of nitrogens with one attached hydrogen (secondary N) is 2. The Kier molecular flexibility index (Phi) is 12.1. The Morgan fingerprint density at radius 3 is 2.35 bits per heavy atom. The van der Waals surface area contributed by atoms with Gasteiger partial charge in [-0.25, -0.2) is 4.99 Å². The molecular weight excluding hydrogens is 403 g/mol. The van der Waals surface area contributed by atoms with E-state index in [9.17, 15) is 0 Å². The Bertz CT molecular complexity index is 455. The predicted molar refractivity (Wildman–Crippen MR) is 107 cm³/mol. The van der Waals surface area contributed by atoms with E-state index in [1.807, 2.05) is 18.5 Å². The van der Waals surface area contributed by atoms with Crippen LogP contribution in [0.25, 0.3) is 0 Å². The van der Waals surface area contributed by atoms with Crippen LogP contribution in [0.2, 0.25) is 0 Å². The van der Waals surface area contributed by atoms with Gasteiger partial charge >= 0.3 is 0 Å². The number of rotatable bonds is 9. The molecule has 1 heterocycles. The molecule has 0 radical (unpaired) electrons. The van der Waals surface area contributed by atoms with Crippen LogP contribution in [0.1, 0.15) is 58.1 Å². The number of halogens is 1. The minimum Gasteiger partial charge on any atom is -0.356 e. The molecule has 23 heavy (non-hydrogen) atoms. The predicted octanol–water partition coefficient (Wildman–Crippen LogP) is 3.01. The van der Waals surface area contributed by atoms with Gasteiger partial charge in [-0.05, 0) is 32.1 Å². The van der Waals surface area contributed by atoms with Crippen molar-refractivity contribution in [1.82, 2.24) is 25.4 Å². The maximum absolute atomic E-state index is 4.63. The third-order valence-corrected chi connectivity index (χ3v) is 3.63. The Labute approximate surface area is 158 Å². The molecule has 0 aliphatic carbocycles. The second-order valence-corrected chi connectivity index (χ2v) is 6.13. The minimum atomic E-state index is 0. The zero-order valence-corrected chi connectivity index (χ0v) is 17.6. The number of aryl methyl sites for hydroxylation is 1. The molecule has 0 unspecified atom stereocenters. The molecule has 0 atom stereocenters. The SMILES string of the molecule is CCCCNC(=NCc1nnc(C)n1C)NCCCC(C)C.I. The molecule has 0 bridgehead atoms. The molecule has 1 aromatic heterocycles. The molecule has 0 saturated heterocycles. The minimum absolute atomic E-state index is 0. The fourth-order valence-corrected chi connectivity index (χ4v) is 2.01. The van der Waals surface area contributed by atoms with E-state index in [2.05, 4.69) is 46.6 Å². The van der Waals surface area contributed by atoms with Crippen molar-refractivity contribution in [3.63, 3.8) is 0 Å². The molecule has 0 aliphatic heterocycles. The molecule has 6 nitrogen and oxygen atoms in total. The zero-order valence-electron chi connectivity index (χ0n) is 15.2. The summed E-state index contributed by atoms with van der Waals surface area (Å²) in [4.78, 5) is 4.63. The average Bonchev–Trinajstić information content (AvgIpc) is 2.80. The third-order valence-electron chi connectivity index (χ3n) is 3.63. The Morgan fingerprint density at radius 1 is 1.17 bits per heavy atom. The molecule has 0 aromatic carbocycles. The van der Waals surface area contributed by atoms with Gasteiger partial charge in [0.2, 0.25) is 0 Å². The summed E-state index contributed by atoms with van der Waals surface area (Å²) < 4.78 is 1.98. The molecule has 1 rings (SSSR count). The molecule has 0 fully saturated rings. The fourth-order valence-electron chi connectivity index (χ4n) is 2.01. The second-order valence-electron chi connectivity index (χ2n) is 6.13. The highest BCUT2D eigenvalue weighted by Crippen LogP contribution is 2.02. The standard InChI is InChI=1S/C16H32N6.HI/c1-6-7-10-17-16(18-11-8-9-13(2)3)19-12-15-21-20-14(4)22(15)5;/h13H,6-12H2,1-5H3,(H2,17,18,19);1H. The zero-order chi connectivity index (χ0) is 16.4. The summed E-state index contributed by atoms with van der Waals surface area (Å²) in [6, 6.07) is 0. The molecule has 1 aromatic rings. The van der Waals surface area contributed by atoms with E-state index in [0.29, 0.717) is 6.54 Å². The van der Waals surface area contributed by atoms with Gasteiger partial charge in [-0.3, -0.25) is 0 Å². The van der Waals surface area contributed by atoms with E-state index in [4.69, 9.17) is 0 Å². The smallest absolute Gasteiger partial charge is 0.191 e. The van der Waals surface area contributed by atoms with Crippen LogP contribution in [0.5, 0.6) is 0 Å². The number of guanidine groups is 1. The lowest BCUT2D eigenvalue weighted by Crippen LogP contribution is -2.38. The van der Waals surface area contributed by atoms with Crippen molar-refractivity contribution in [3.05, 3.63) is 11.6 Å². The van der Waals surface area contributed by atoms with Gasteiger partial charge in [0.1, 0.15) is 12.4 Å². The Hall–Kier alpha value is -0.860. The van der Waals surface area contributed by atoms with Crippen molar-refractivity contribution in [3.8, 4) is 0 Å². The van der Waals surface area contributed by atoms with E-state index in [1.165, 1.54) is 12.8 Å². The highest BCUT2D eigenvalue weighted by molar-refractivity contribution is 14.0. The van der Waals surface area contributed by atoms with Crippen molar-refractivity contribution in [2.45, 2.75) is 59.9 Å². The average molecular weight is 436 g/mol. The summed E-state index contributed by atoms with van der Waals surface area (Å²) in [5.74, 6) is 3.42. The molecule has 7 heteroatoms. The normalized spacial score (nSPS) is 11.5. The Balaban J connectivity index is 0.00000484. The fraction of sp³-hybridized carbons (Fsp3) is 0.812. The molecule has 0 saturated carbocycles. The van der Waals surface area contributed by atoms with Gasteiger partial charge in [0.15, 0.2) is 11.8 Å². The van der Waals surface area contributed by atoms with E-state index in [-0.39, 0.29) is 24.0 Å². The lowest BCUT2D eigenvalue weighted by Gasteiger charge is -2.13. The van der Waals surface area contributed by atoms with Crippen LogP contribution >= 0.6 is 24.0 Å². The van der Waals surface area contributed by atoms with E-state index in [1.54, 1.807) is 0 Å². The lowest BCUT2D eigenvalue weighted by molar-refractivity contribution is 0.548.